The number of allylic oxidation sites excluding steroid dienone is 16. The van der Waals surface area contributed by atoms with Gasteiger partial charge in [-0.25, -0.2) is 0 Å². The van der Waals surface area contributed by atoms with E-state index >= 15 is 0 Å². The zero-order valence-electron chi connectivity index (χ0n) is 47.9. The fraction of sp³-hybridized carbons (Fsp3) is 0.716. The van der Waals surface area contributed by atoms with Crippen LogP contribution >= 0.6 is 0 Å². The largest absolute Gasteiger partial charge is 0.462 e. The molecule has 0 N–H and O–H groups in total. The highest BCUT2D eigenvalue weighted by Crippen LogP contribution is 2.15. The Labute approximate surface area is 451 Å². The molecule has 0 bridgehead atoms. The minimum Gasteiger partial charge on any atom is -0.462 e. The van der Waals surface area contributed by atoms with E-state index in [9.17, 15) is 14.4 Å². The third kappa shape index (κ3) is 59.1. The van der Waals surface area contributed by atoms with Crippen LogP contribution in [0.1, 0.15) is 290 Å². The zero-order chi connectivity index (χ0) is 52.9. The van der Waals surface area contributed by atoms with Gasteiger partial charge in [-0.15, -0.1) is 0 Å². The minimum atomic E-state index is -0.797. The van der Waals surface area contributed by atoms with E-state index in [0.29, 0.717) is 19.3 Å². The molecule has 0 aliphatic carbocycles. The molecule has 0 aliphatic heterocycles. The molecule has 0 saturated carbocycles. The molecule has 0 heterocycles. The Morgan fingerprint density at radius 1 is 0.288 bits per heavy atom. The van der Waals surface area contributed by atoms with Crippen molar-refractivity contribution < 1.29 is 28.6 Å². The molecular weight excluding hydrogens is 901 g/mol. The van der Waals surface area contributed by atoms with E-state index in [0.717, 1.165) is 103 Å². The van der Waals surface area contributed by atoms with Crippen molar-refractivity contribution in [1.82, 2.24) is 0 Å². The topological polar surface area (TPSA) is 78.9 Å². The summed E-state index contributed by atoms with van der Waals surface area (Å²) in [4.78, 5) is 38.3. The molecule has 1 atom stereocenters. The van der Waals surface area contributed by atoms with Crippen LogP contribution in [0.15, 0.2) is 97.2 Å². The summed E-state index contributed by atoms with van der Waals surface area (Å²) in [5.74, 6) is -0.926. The van der Waals surface area contributed by atoms with E-state index in [1.807, 2.05) is 0 Å². The molecule has 6 nitrogen and oxygen atoms in total. The lowest BCUT2D eigenvalue weighted by atomic mass is 10.1. The molecule has 0 fully saturated rings. The molecule has 0 amide bonds. The number of hydrogen-bond donors (Lipinski definition) is 0. The fourth-order valence-corrected chi connectivity index (χ4v) is 8.44. The summed E-state index contributed by atoms with van der Waals surface area (Å²) in [6, 6.07) is 0. The van der Waals surface area contributed by atoms with Crippen molar-refractivity contribution in [3.8, 4) is 0 Å². The number of carbonyl (C=O) groups is 3. The number of carbonyl (C=O) groups excluding carboxylic acids is 3. The fourth-order valence-electron chi connectivity index (χ4n) is 8.44. The standard InChI is InChI=1S/C67H114O6/c1-4-7-10-13-16-19-22-25-28-31-33-36-39-42-45-48-51-54-57-60-66(69)72-63-64(62-71-65(68)59-56-53-50-47-44-41-38-35-30-27-24-21-18-15-12-9-6-3)73-67(70)61-58-55-52-49-46-43-40-37-34-32-29-26-23-20-17-14-11-8-5-2/h7,10,16-17,19-20,25-30,33,36,42,45,64H,4-6,8-9,11-15,18,21-24,31-32,34-35,37-41,43-44,46-63H2,1-3H3/b10-7+,19-16+,20-17+,28-25+,29-26+,30-27+,36-33+,45-42+/t64-/m1/s1. The number of esters is 3. The van der Waals surface area contributed by atoms with E-state index in [2.05, 4.69) is 118 Å². The maximum Gasteiger partial charge on any atom is 0.306 e. The molecule has 0 spiro atoms. The van der Waals surface area contributed by atoms with Gasteiger partial charge in [0, 0.05) is 19.3 Å². The highest BCUT2D eigenvalue weighted by molar-refractivity contribution is 5.71. The highest BCUT2D eigenvalue weighted by Gasteiger charge is 2.19. The van der Waals surface area contributed by atoms with Crippen LogP contribution in [0.25, 0.3) is 0 Å². The van der Waals surface area contributed by atoms with Gasteiger partial charge in [0.15, 0.2) is 6.10 Å². The van der Waals surface area contributed by atoms with Crippen LogP contribution in [0.2, 0.25) is 0 Å². The molecule has 0 aromatic carbocycles. The van der Waals surface area contributed by atoms with Crippen LogP contribution in [-0.4, -0.2) is 37.2 Å². The van der Waals surface area contributed by atoms with Crippen LogP contribution in [-0.2, 0) is 28.6 Å². The van der Waals surface area contributed by atoms with Crippen molar-refractivity contribution in [3.63, 3.8) is 0 Å². The van der Waals surface area contributed by atoms with Gasteiger partial charge in [-0.2, -0.15) is 0 Å². The second-order valence-corrected chi connectivity index (χ2v) is 20.2. The predicted octanol–water partition coefficient (Wildman–Crippen LogP) is 20.9. The summed E-state index contributed by atoms with van der Waals surface area (Å²) in [6.45, 7) is 6.48. The Bertz CT molecular complexity index is 1440. The lowest BCUT2D eigenvalue weighted by molar-refractivity contribution is -0.167. The molecule has 73 heavy (non-hydrogen) atoms. The summed E-state index contributed by atoms with van der Waals surface area (Å²) in [5, 5.41) is 0. The van der Waals surface area contributed by atoms with Crippen molar-refractivity contribution in [2.45, 2.75) is 297 Å². The first kappa shape index (κ1) is 69.3. The number of ether oxygens (including phenoxy) is 3. The molecule has 0 aliphatic rings. The lowest BCUT2D eigenvalue weighted by Crippen LogP contribution is -2.30. The quantitative estimate of drug-likeness (QED) is 0.0261. The van der Waals surface area contributed by atoms with Gasteiger partial charge in [-0.3, -0.25) is 14.4 Å². The first-order valence-electron chi connectivity index (χ1n) is 30.7. The molecule has 0 saturated heterocycles. The van der Waals surface area contributed by atoms with Crippen molar-refractivity contribution in [2.75, 3.05) is 13.2 Å². The van der Waals surface area contributed by atoms with E-state index < -0.39 is 6.10 Å². The number of rotatable bonds is 55. The van der Waals surface area contributed by atoms with E-state index in [1.54, 1.807) is 0 Å². The van der Waals surface area contributed by atoms with Gasteiger partial charge < -0.3 is 14.2 Å². The van der Waals surface area contributed by atoms with Gasteiger partial charge in [-0.05, 0) is 122 Å². The Morgan fingerprint density at radius 3 is 0.890 bits per heavy atom. The minimum absolute atomic E-state index is 0.0919. The summed E-state index contributed by atoms with van der Waals surface area (Å²) in [5.41, 5.74) is 0. The smallest absolute Gasteiger partial charge is 0.306 e. The van der Waals surface area contributed by atoms with E-state index in [4.69, 9.17) is 14.2 Å². The maximum absolute atomic E-state index is 12.9. The molecule has 0 unspecified atom stereocenters. The first-order chi connectivity index (χ1) is 36.0. The van der Waals surface area contributed by atoms with Gasteiger partial charge in [0.25, 0.3) is 0 Å². The average molecular weight is 1020 g/mol. The van der Waals surface area contributed by atoms with Crippen molar-refractivity contribution in [3.05, 3.63) is 97.2 Å². The Hall–Kier alpha value is -3.67. The monoisotopic (exact) mass is 1010 g/mol. The van der Waals surface area contributed by atoms with E-state index in [1.165, 1.54) is 148 Å². The molecule has 0 rings (SSSR count). The third-order valence-electron chi connectivity index (χ3n) is 13.0. The summed E-state index contributed by atoms with van der Waals surface area (Å²) in [7, 11) is 0. The second-order valence-electron chi connectivity index (χ2n) is 20.2. The molecule has 0 radical (unpaired) electrons. The maximum atomic E-state index is 12.9. The van der Waals surface area contributed by atoms with E-state index in [-0.39, 0.29) is 31.1 Å². The molecular formula is C67H114O6. The van der Waals surface area contributed by atoms with Crippen molar-refractivity contribution >= 4 is 17.9 Å². The van der Waals surface area contributed by atoms with Gasteiger partial charge in [0.2, 0.25) is 0 Å². The molecule has 6 heteroatoms. The predicted molar refractivity (Wildman–Crippen MR) is 316 cm³/mol. The van der Waals surface area contributed by atoms with Crippen molar-refractivity contribution in [1.29, 1.82) is 0 Å². The first-order valence-corrected chi connectivity index (χ1v) is 30.7. The SMILES string of the molecule is CC/C=C/C/C=C/C/C=C/C/C=C/C/C=C/CCCCCC(=O)OC[C@@H](COC(=O)CCCCCCCCC/C=C/CCCCCCCC)OC(=O)CCCCCCCCCCC/C=C/C/C=C/CCCCC. The second kappa shape index (κ2) is 60.9. The Morgan fingerprint density at radius 2 is 0.534 bits per heavy atom. The Kier molecular flexibility index (Phi) is 57.8. The lowest BCUT2D eigenvalue weighted by Gasteiger charge is -2.18. The molecule has 418 valence electrons. The Balaban J connectivity index is 4.46. The van der Waals surface area contributed by atoms with Crippen LogP contribution in [0, 0.1) is 0 Å². The number of hydrogen-bond acceptors (Lipinski definition) is 6. The summed E-state index contributed by atoms with van der Waals surface area (Å²) < 4.78 is 16.9. The molecule has 0 aromatic rings. The van der Waals surface area contributed by atoms with Crippen LogP contribution < -0.4 is 0 Å². The highest BCUT2D eigenvalue weighted by atomic mass is 16.6. The number of unbranched alkanes of at least 4 members (excludes halogenated alkanes) is 28. The summed E-state index contributed by atoms with van der Waals surface area (Å²) in [6.07, 6.45) is 81.1. The molecule has 0 aromatic heterocycles. The van der Waals surface area contributed by atoms with Gasteiger partial charge >= 0.3 is 17.9 Å². The third-order valence-corrected chi connectivity index (χ3v) is 13.0. The normalized spacial score (nSPS) is 12.8. The van der Waals surface area contributed by atoms with Crippen LogP contribution in [0.4, 0.5) is 0 Å². The average Bonchev–Trinajstić information content (AvgIpc) is 3.39. The van der Waals surface area contributed by atoms with Gasteiger partial charge in [0.1, 0.15) is 13.2 Å². The zero-order valence-corrected chi connectivity index (χ0v) is 47.9. The van der Waals surface area contributed by atoms with Crippen LogP contribution in [0.3, 0.4) is 0 Å². The van der Waals surface area contributed by atoms with Gasteiger partial charge in [0.05, 0.1) is 0 Å². The summed E-state index contributed by atoms with van der Waals surface area (Å²) >= 11 is 0. The van der Waals surface area contributed by atoms with Gasteiger partial charge in [-0.1, -0.05) is 246 Å². The van der Waals surface area contributed by atoms with Crippen LogP contribution in [0.5, 0.6) is 0 Å². The van der Waals surface area contributed by atoms with Crippen molar-refractivity contribution in [2.24, 2.45) is 0 Å².